The van der Waals surface area contributed by atoms with Crippen LogP contribution < -0.4 is 10.1 Å². The number of rotatable bonds is 8. The van der Waals surface area contributed by atoms with Gasteiger partial charge in [0.15, 0.2) is 0 Å². The van der Waals surface area contributed by atoms with Gasteiger partial charge in [0.25, 0.3) is 5.69 Å². The van der Waals surface area contributed by atoms with E-state index in [-0.39, 0.29) is 11.2 Å². The zero-order valence-electron chi connectivity index (χ0n) is 12.7. The predicted molar refractivity (Wildman–Crippen MR) is 80.1 cm³/mol. The van der Waals surface area contributed by atoms with E-state index >= 15 is 0 Å². The van der Waals surface area contributed by atoms with Gasteiger partial charge in [-0.25, -0.2) is 0 Å². The van der Waals surface area contributed by atoms with E-state index in [9.17, 15) is 10.1 Å². The Balaban J connectivity index is 2.91. The molecule has 0 spiro atoms. The second kappa shape index (κ2) is 7.24. The molecular formula is C15H24N2O3. The Labute approximate surface area is 120 Å². The summed E-state index contributed by atoms with van der Waals surface area (Å²) in [6.45, 7) is 7.09. The summed E-state index contributed by atoms with van der Waals surface area (Å²) in [6.07, 6.45) is 3.10. The highest BCUT2D eigenvalue weighted by Gasteiger charge is 2.23. The summed E-state index contributed by atoms with van der Waals surface area (Å²) >= 11 is 0. The number of nitro benzene ring substituents is 1. The number of benzene rings is 1. The van der Waals surface area contributed by atoms with Crippen molar-refractivity contribution in [2.75, 3.05) is 7.11 Å². The molecule has 0 aliphatic carbocycles. The van der Waals surface area contributed by atoms with Crippen LogP contribution in [0.5, 0.6) is 5.75 Å². The van der Waals surface area contributed by atoms with Crippen molar-refractivity contribution in [3.05, 3.63) is 33.9 Å². The second-order valence-corrected chi connectivity index (χ2v) is 4.99. The average molecular weight is 280 g/mol. The number of non-ortho nitro benzene ring substituents is 1. The molecule has 0 aromatic heterocycles. The van der Waals surface area contributed by atoms with Gasteiger partial charge in [-0.2, -0.15) is 0 Å². The van der Waals surface area contributed by atoms with Crippen molar-refractivity contribution in [3.8, 4) is 5.75 Å². The van der Waals surface area contributed by atoms with Crippen molar-refractivity contribution in [2.45, 2.75) is 52.1 Å². The lowest BCUT2D eigenvalue weighted by molar-refractivity contribution is -0.385. The van der Waals surface area contributed by atoms with E-state index < -0.39 is 4.92 Å². The van der Waals surface area contributed by atoms with Gasteiger partial charge in [-0.1, -0.05) is 20.8 Å². The fourth-order valence-electron chi connectivity index (χ4n) is 2.38. The van der Waals surface area contributed by atoms with E-state index in [0.717, 1.165) is 24.8 Å². The molecule has 1 aromatic rings. The first-order chi connectivity index (χ1) is 9.50. The van der Waals surface area contributed by atoms with Crippen molar-refractivity contribution < 1.29 is 9.66 Å². The van der Waals surface area contributed by atoms with Crippen LogP contribution in [0.3, 0.4) is 0 Å². The number of nitrogens with zero attached hydrogens (tertiary/aromatic N) is 1. The highest BCUT2D eigenvalue weighted by molar-refractivity contribution is 5.42. The Bertz CT molecular complexity index is 448. The monoisotopic (exact) mass is 280 g/mol. The van der Waals surface area contributed by atoms with Crippen LogP contribution in [0, 0.1) is 10.1 Å². The molecule has 0 heterocycles. The molecule has 20 heavy (non-hydrogen) atoms. The topological polar surface area (TPSA) is 64.4 Å². The number of nitrogens with one attached hydrogen (secondary N) is 1. The van der Waals surface area contributed by atoms with Crippen LogP contribution in [0.4, 0.5) is 5.69 Å². The number of ether oxygens (including phenoxy) is 1. The minimum Gasteiger partial charge on any atom is -0.496 e. The third-order valence-corrected chi connectivity index (χ3v) is 4.10. The molecule has 0 radical (unpaired) electrons. The maximum atomic E-state index is 10.9. The summed E-state index contributed by atoms with van der Waals surface area (Å²) in [5.74, 6) is 0.520. The van der Waals surface area contributed by atoms with E-state index in [0.29, 0.717) is 12.3 Å². The predicted octanol–water partition coefficient (Wildman–Crippen LogP) is 3.66. The average Bonchev–Trinajstić information content (AvgIpc) is 2.48. The Morgan fingerprint density at radius 2 is 1.80 bits per heavy atom. The highest BCUT2D eigenvalue weighted by Crippen LogP contribution is 2.24. The van der Waals surface area contributed by atoms with Crippen molar-refractivity contribution in [1.29, 1.82) is 0 Å². The van der Waals surface area contributed by atoms with Crippen LogP contribution in [-0.4, -0.2) is 17.6 Å². The molecule has 112 valence electrons. The third-order valence-electron chi connectivity index (χ3n) is 4.10. The molecule has 0 amide bonds. The lowest BCUT2D eigenvalue weighted by Crippen LogP contribution is -2.43. The summed E-state index contributed by atoms with van der Waals surface area (Å²) < 4.78 is 5.12. The summed E-state index contributed by atoms with van der Waals surface area (Å²) in [5.41, 5.74) is 1.03. The molecule has 0 fully saturated rings. The molecule has 1 aromatic carbocycles. The van der Waals surface area contributed by atoms with Gasteiger partial charge in [-0.3, -0.25) is 10.1 Å². The van der Waals surface area contributed by atoms with Gasteiger partial charge in [0, 0.05) is 18.2 Å². The van der Waals surface area contributed by atoms with Crippen LogP contribution in [0.2, 0.25) is 0 Å². The van der Waals surface area contributed by atoms with Crippen LogP contribution in [0.1, 0.15) is 45.6 Å². The Kier molecular flexibility index (Phi) is 5.95. The number of methoxy groups -OCH3 is 1. The van der Waals surface area contributed by atoms with E-state index in [1.165, 1.54) is 13.2 Å². The molecule has 0 saturated carbocycles. The molecule has 5 heteroatoms. The van der Waals surface area contributed by atoms with Crippen molar-refractivity contribution in [2.24, 2.45) is 0 Å². The summed E-state index contributed by atoms with van der Waals surface area (Å²) in [7, 11) is 1.52. The molecule has 5 nitrogen and oxygen atoms in total. The summed E-state index contributed by atoms with van der Waals surface area (Å²) in [4.78, 5) is 10.5. The molecule has 1 N–H and O–H groups in total. The minimum absolute atomic E-state index is 0.0660. The van der Waals surface area contributed by atoms with Crippen molar-refractivity contribution in [1.82, 2.24) is 5.32 Å². The van der Waals surface area contributed by atoms with Gasteiger partial charge in [0.1, 0.15) is 5.75 Å². The lowest BCUT2D eigenvalue weighted by Gasteiger charge is -2.32. The zero-order chi connectivity index (χ0) is 15.2. The van der Waals surface area contributed by atoms with Gasteiger partial charge in [-0.05, 0) is 30.9 Å². The lowest BCUT2D eigenvalue weighted by atomic mass is 9.89. The largest absolute Gasteiger partial charge is 0.496 e. The Hall–Kier alpha value is -1.62. The quantitative estimate of drug-likeness (QED) is 0.583. The first-order valence-corrected chi connectivity index (χ1v) is 7.07. The molecule has 0 aliphatic heterocycles. The number of nitro groups is 1. The Morgan fingerprint density at radius 3 is 2.25 bits per heavy atom. The summed E-state index contributed by atoms with van der Waals surface area (Å²) in [6, 6.07) is 4.88. The van der Waals surface area contributed by atoms with E-state index in [2.05, 4.69) is 26.1 Å². The van der Waals surface area contributed by atoms with E-state index in [4.69, 9.17) is 4.74 Å². The van der Waals surface area contributed by atoms with Crippen molar-refractivity contribution in [3.63, 3.8) is 0 Å². The molecule has 1 rings (SSSR count). The van der Waals surface area contributed by atoms with Crippen LogP contribution in [-0.2, 0) is 6.54 Å². The molecule has 0 unspecified atom stereocenters. The zero-order valence-corrected chi connectivity index (χ0v) is 12.7. The molecule has 0 saturated heterocycles. The van der Waals surface area contributed by atoms with E-state index in [1.807, 2.05) is 6.07 Å². The fourth-order valence-corrected chi connectivity index (χ4v) is 2.38. The summed E-state index contributed by atoms with van der Waals surface area (Å²) in [5, 5.41) is 14.5. The highest BCUT2D eigenvalue weighted by atomic mass is 16.6. The third kappa shape index (κ3) is 3.93. The number of hydrogen-bond donors (Lipinski definition) is 1. The molecular weight excluding hydrogens is 256 g/mol. The van der Waals surface area contributed by atoms with Gasteiger partial charge in [-0.15, -0.1) is 0 Å². The molecule has 0 atom stereocenters. The second-order valence-electron chi connectivity index (χ2n) is 4.99. The number of hydrogen-bond acceptors (Lipinski definition) is 4. The van der Waals surface area contributed by atoms with E-state index in [1.54, 1.807) is 6.07 Å². The maximum absolute atomic E-state index is 10.9. The van der Waals surface area contributed by atoms with Gasteiger partial charge >= 0.3 is 0 Å². The first-order valence-electron chi connectivity index (χ1n) is 7.07. The van der Waals surface area contributed by atoms with Gasteiger partial charge < -0.3 is 10.1 Å². The van der Waals surface area contributed by atoms with Crippen LogP contribution in [0.25, 0.3) is 0 Å². The molecule has 0 bridgehead atoms. The van der Waals surface area contributed by atoms with Gasteiger partial charge in [0.2, 0.25) is 0 Å². The minimum atomic E-state index is -0.390. The fraction of sp³-hybridized carbons (Fsp3) is 0.600. The first kappa shape index (κ1) is 16.4. The molecule has 0 aliphatic rings. The normalized spacial score (nSPS) is 11.4. The maximum Gasteiger partial charge on any atom is 0.273 e. The SMILES string of the molecule is CCC(CC)(CC)NCc1cc(OC)cc([N+](=O)[O-])c1. The smallest absolute Gasteiger partial charge is 0.273 e. The van der Waals surface area contributed by atoms with Crippen LogP contribution in [0.15, 0.2) is 18.2 Å². The standard InChI is InChI=1S/C15H24N2O3/c1-5-15(6-2,7-3)16-11-12-8-13(17(18)19)10-14(9-12)20-4/h8-10,16H,5-7,11H2,1-4H3. The van der Waals surface area contributed by atoms with Gasteiger partial charge in [0.05, 0.1) is 18.1 Å². The van der Waals surface area contributed by atoms with Crippen LogP contribution >= 0.6 is 0 Å². The van der Waals surface area contributed by atoms with Crippen molar-refractivity contribution >= 4 is 5.69 Å². The Morgan fingerprint density at radius 1 is 1.20 bits per heavy atom.